The average molecular weight is 478 g/mol. The predicted molar refractivity (Wildman–Crippen MR) is 122 cm³/mol. The Kier molecular flexibility index (Phi) is 6.17. The molecule has 2 aliphatic heterocycles. The average Bonchev–Trinajstić information content (AvgIpc) is 2.75. The fourth-order valence-electron chi connectivity index (χ4n) is 3.68. The highest BCUT2D eigenvalue weighted by Crippen LogP contribution is 2.38. The Bertz CT molecular complexity index is 1180. The van der Waals surface area contributed by atoms with Gasteiger partial charge in [0.05, 0.1) is 16.3 Å². The number of carbonyl (C=O) groups excluding carboxylic acids is 2. The van der Waals surface area contributed by atoms with Gasteiger partial charge in [-0.15, -0.1) is 11.8 Å². The van der Waals surface area contributed by atoms with Crippen LogP contribution in [0.2, 0.25) is 0 Å². The number of carbonyl (C=O) groups is 2. The first kappa shape index (κ1) is 22.6. The molecule has 2 aromatic carbocycles. The summed E-state index contributed by atoms with van der Waals surface area (Å²) in [5.74, 6) is -0.629. The highest BCUT2D eigenvalue weighted by molar-refractivity contribution is 8.01. The molecule has 1 atom stereocenters. The van der Waals surface area contributed by atoms with Crippen molar-refractivity contribution in [3.63, 3.8) is 0 Å². The summed E-state index contributed by atoms with van der Waals surface area (Å²) in [5.41, 5.74) is 0.838. The van der Waals surface area contributed by atoms with E-state index in [-0.39, 0.29) is 16.5 Å². The molecular formula is C22H24FN3O4S2. The number of aryl methyl sites for hydroxylation is 1. The Hall–Kier alpha value is -2.59. The molecule has 0 bridgehead atoms. The first-order valence-corrected chi connectivity index (χ1v) is 12.7. The van der Waals surface area contributed by atoms with Gasteiger partial charge in [0.2, 0.25) is 11.8 Å². The van der Waals surface area contributed by atoms with Gasteiger partial charge in [0.1, 0.15) is 5.82 Å². The summed E-state index contributed by atoms with van der Waals surface area (Å²) in [5, 5.41) is 1.78. The van der Waals surface area contributed by atoms with Crippen molar-refractivity contribution in [2.24, 2.45) is 5.92 Å². The van der Waals surface area contributed by atoms with Gasteiger partial charge in [0.25, 0.3) is 10.0 Å². The molecule has 170 valence electrons. The third-order valence-corrected chi connectivity index (χ3v) is 8.39. The molecule has 7 nitrogen and oxygen atoms in total. The number of nitrogens with zero attached hydrogens (tertiary/aromatic N) is 1. The third kappa shape index (κ3) is 4.61. The fraction of sp³-hybridized carbons (Fsp3) is 0.364. The maximum atomic E-state index is 13.8. The van der Waals surface area contributed by atoms with Crippen LogP contribution in [0.5, 0.6) is 0 Å². The fourth-order valence-corrected chi connectivity index (χ4v) is 5.81. The lowest BCUT2D eigenvalue weighted by Gasteiger charge is -2.33. The molecule has 2 amide bonds. The van der Waals surface area contributed by atoms with Crippen molar-refractivity contribution in [3.8, 4) is 0 Å². The number of rotatable bonds is 4. The number of thioether (sulfide) groups is 1. The number of benzene rings is 2. The molecule has 32 heavy (non-hydrogen) atoms. The standard InChI is InChI=1S/C22H24FN3O4S2/c1-13-7-9-26(10-8-13)22(28)20-21(27)24-18-12-16(5-6-19(18)31-20)32(29,30)25-15-4-3-14(2)17(23)11-15/h3-6,11-13,20,25H,7-10H2,1-2H3,(H,24,27)/t20-/m0/s1. The van der Waals surface area contributed by atoms with Crippen LogP contribution in [0.4, 0.5) is 15.8 Å². The van der Waals surface area contributed by atoms with Crippen molar-refractivity contribution in [1.82, 2.24) is 4.90 Å². The van der Waals surface area contributed by atoms with Crippen molar-refractivity contribution in [3.05, 3.63) is 47.8 Å². The Balaban J connectivity index is 1.52. The molecule has 2 aromatic rings. The molecule has 0 radical (unpaired) electrons. The SMILES string of the molecule is Cc1ccc(NS(=O)(=O)c2ccc3c(c2)NC(=O)[C@@H](C(=O)N2CCC(C)CC2)S3)cc1F. The van der Waals surface area contributed by atoms with Crippen LogP contribution in [0.3, 0.4) is 0 Å². The van der Waals surface area contributed by atoms with Gasteiger partial charge in [-0.05, 0) is 61.6 Å². The van der Waals surface area contributed by atoms with E-state index in [1.807, 2.05) is 0 Å². The number of halogens is 1. The second kappa shape index (κ2) is 8.74. The zero-order valence-electron chi connectivity index (χ0n) is 17.7. The number of nitrogens with one attached hydrogen (secondary N) is 2. The molecule has 2 aliphatic rings. The summed E-state index contributed by atoms with van der Waals surface area (Å²) >= 11 is 1.13. The first-order valence-electron chi connectivity index (χ1n) is 10.3. The van der Waals surface area contributed by atoms with Crippen LogP contribution >= 0.6 is 11.8 Å². The van der Waals surface area contributed by atoms with Gasteiger partial charge in [-0.1, -0.05) is 13.0 Å². The number of hydrogen-bond acceptors (Lipinski definition) is 5. The van der Waals surface area contributed by atoms with Crippen molar-refractivity contribution >= 4 is 45.0 Å². The predicted octanol–water partition coefficient (Wildman–Crippen LogP) is 3.61. The number of likely N-dealkylation sites (tertiary alicyclic amines) is 1. The van der Waals surface area contributed by atoms with Crippen LogP contribution in [-0.4, -0.2) is 43.5 Å². The van der Waals surface area contributed by atoms with Crippen molar-refractivity contribution < 1.29 is 22.4 Å². The number of amides is 2. The van der Waals surface area contributed by atoms with Gasteiger partial charge in [0.15, 0.2) is 5.25 Å². The Morgan fingerprint density at radius 1 is 1.19 bits per heavy atom. The maximum absolute atomic E-state index is 13.8. The molecule has 10 heteroatoms. The van der Waals surface area contributed by atoms with E-state index in [2.05, 4.69) is 17.0 Å². The molecule has 1 saturated heterocycles. The number of sulfonamides is 1. The van der Waals surface area contributed by atoms with Crippen LogP contribution in [0.15, 0.2) is 46.2 Å². The smallest absolute Gasteiger partial charge is 0.261 e. The lowest BCUT2D eigenvalue weighted by atomic mass is 9.99. The van der Waals surface area contributed by atoms with E-state index in [0.717, 1.165) is 30.7 Å². The molecule has 4 rings (SSSR count). The highest BCUT2D eigenvalue weighted by atomic mass is 32.2. The number of piperidine rings is 1. The van der Waals surface area contributed by atoms with Gasteiger partial charge < -0.3 is 10.2 Å². The van der Waals surface area contributed by atoms with Gasteiger partial charge in [-0.2, -0.15) is 0 Å². The summed E-state index contributed by atoms with van der Waals surface area (Å²) < 4.78 is 41.6. The quantitative estimate of drug-likeness (QED) is 0.656. The number of hydrogen-bond donors (Lipinski definition) is 2. The van der Waals surface area contributed by atoms with Crippen molar-refractivity contribution in [2.75, 3.05) is 23.1 Å². The lowest BCUT2D eigenvalue weighted by molar-refractivity contribution is -0.135. The molecule has 1 fully saturated rings. The van der Waals surface area contributed by atoms with E-state index in [0.29, 0.717) is 35.2 Å². The zero-order valence-corrected chi connectivity index (χ0v) is 19.4. The first-order chi connectivity index (χ1) is 15.1. The van der Waals surface area contributed by atoms with Crippen LogP contribution in [-0.2, 0) is 19.6 Å². The summed E-state index contributed by atoms with van der Waals surface area (Å²) in [6, 6.07) is 8.39. The van der Waals surface area contributed by atoms with E-state index in [1.165, 1.54) is 24.3 Å². The number of fused-ring (bicyclic) bond motifs is 1. The Morgan fingerprint density at radius 3 is 2.59 bits per heavy atom. The largest absolute Gasteiger partial charge is 0.341 e. The summed E-state index contributed by atoms with van der Waals surface area (Å²) in [6.07, 6.45) is 1.83. The molecule has 0 aromatic heterocycles. The van der Waals surface area contributed by atoms with Crippen LogP contribution in [0.1, 0.15) is 25.3 Å². The summed E-state index contributed by atoms with van der Waals surface area (Å²) in [7, 11) is -4.00. The van der Waals surface area contributed by atoms with Crippen LogP contribution < -0.4 is 10.0 Å². The molecule has 0 unspecified atom stereocenters. The van der Waals surface area contributed by atoms with E-state index < -0.39 is 27.0 Å². The highest BCUT2D eigenvalue weighted by Gasteiger charge is 2.37. The molecular weight excluding hydrogens is 453 g/mol. The second-order valence-electron chi connectivity index (χ2n) is 8.22. The van der Waals surface area contributed by atoms with Gasteiger partial charge in [0, 0.05) is 18.0 Å². The second-order valence-corrected chi connectivity index (χ2v) is 11.1. The van der Waals surface area contributed by atoms with E-state index in [1.54, 1.807) is 17.9 Å². The topological polar surface area (TPSA) is 95.6 Å². The zero-order chi connectivity index (χ0) is 23.0. The minimum atomic E-state index is -4.00. The molecule has 0 spiro atoms. The number of anilines is 2. The van der Waals surface area contributed by atoms with Crippen LogP contribution in [0, 0.1) is 18.7 Å². The van der Waals surface area contributed by atoms with Gasteiger partial charge in [-0.25, -0.2) is 12.8 Å². The Morgan fingerprint density at radius 2 is 1.91 bits per heavy atom. The normalized spacial score (nSPS) is 19.3. The lowest BCUT2D eigenvalue weighted by Crippen LogP contribution is -2.47. The van der Waals surface area contributed by atoms with E-state index in [9.17, 15) is 22.4 Å². The van der Waals surface area contributed by atoms with Crippen molar-refractivity contribution in [1.29, 1.82) is 0 Å². The minimum absolute atomic E-state index is 0.0760. The van der Waals surface area contributed by atoms with Gasteiger partial charge in [-0.3, -0.25) is 14.3 Å². The molecule has 2 N–H and O–H groups in total. The van der Waals surface area contributed by atoms with E-state index >= 15 is 0 Å². The summed E-state index contributed by atoms with van der Waals surface area (Å²) in [6.45, 7) is 5.01. The minimum Gasteiger partial charge on any atom is -0.341 e. The summed E-state index contributed by atoms with van der Waals surface area (Å²) in [4.78, 5) is 27.8. The van der Waals surface area contributed by atoms with Crippen molar-refractivity contribution in [2.45, 2.75) is 41.7 Å². The monoisotopic (exact) mass is 477 g/mol. The third-order valence-electron chi connectivity index (χ3n) is 5.75. The van der Waals surface area contributed by atoms with Crippen LogP contribution in [0.25, 0.3) is 0 Å². The maximum Gasteiger partial charge on any atom is 0.261 e. The molecule has 2 heterocycles. The van der Waals surface area contributed by atoms with E-state index in [4.69, 9.17) is 0 Å². The Labute approximate surface area is 190 Å². The van der Waals surface area contributed by atoms with Gasteiger partial charge >= 0.3 is 0 Å². The molecule has 0 aliphatic carbocycles. The molecule has 0 saturated carbocycles.